The number of rotatable bonds is 11. The summed E-state index contributed by atoms with van der Waals surface area (Å²) in [5.41, 5.74) is 0. The first kappa shape index (κ1) is 21.9. The Morgan fingerprint density at radius 1 is 1.08 bits per heavy atom. The van der Waals surface area contributed by atoms with Crippen LogP contribution in [0.25, 0.3) is 0 Å². The number of carbonyl (C=O) groups is 3. The third-order valence-electron chi connectivity index (χ3n) is 3.87. The monoisotopic (exact) mass is 337 g/mol. The first-order valence-corrected chi connectivity index (χ1v) is 8.46. The summed E-state index contributed by atoms with van der Waals surface area (Å²) < 4.78 is 0. The maximum Gasteiger partial charge on any atom is 0.334 e. The van der Waals surface area contributed by atoms with Crippen LogP contribution in [0.1, 0.15) is 39.5 Å². The first-order chi connectivity index (χ1) is 11.5. The van der Waals surface area contributed by atoms with E-state index in [0.717, 1.165) is 35.5 Å². The molecule has 24 heavy (non-hydrogen) atoms. The van der Waals surface area contributed by atoms with Crippen molar-refractivity contribution in [3.05, 3.63) is 25.3 Å². The zero-order valence-corrected chi connectivity index (χ0v) is 15.2. The maximum atomic E-state index is 12.6. The highest BCUT2D eigenvalue weighted by molar-refractivity contribution is 5.97. The van der Waals surface area contributed by atoms with Gasteiger partial charge in [-0.15, -0.1) is 13.2 Å². The van der Waals surface area contributed by atoms with Gasteiger partial charge in [0.25, 0.3) is 0 Å². The van der Waals surface area contributed by atoms with E-state index in [1.807, 2.05) is 6.92 Å². The molecule has 0 rings (SSSR count). The molecule has 0 radical (unpaired) electrons. The number of unbranched alkanes of at least 4 members (excludes halogenated alkanes) is 1. The zero-order chi connectivity index (χ0) is 18.5. The number of nitrogens with zero attached hydrogens (tertiary/aromatic N) is 3. The largest absolute Gasteiger partial charge is 0.334 e. The fourth-order valence-electron chi connectivity index (χ4n) is 2.35. The molecule has 0 saturated carbocycles. The number of imide groups is 2. The Balaban J connectivity index is 5.35. The molecular formula is C18H31N3O3. The molecule has 1 atom stereocenters. The van der Waals surface area contributed by atoms with Gasteiger partial charge in [-0.3, -0.25) is 9.69 Å². The third-order valence-corrected chi connectivity index (χ3v) is 3.87. The van der Waals surface area contributed by atoms with Crippen molar-refractivity contribution in [3.63, 3.8) is 0 Å². The van der Waals surface area contributed by atoms with Gasteiger partial charge in [0.05, 0.1) is 0 Å². The van der Waals surface area contributed by atoms with Crippen molar-refractivity contribution in [2.24, 2.45) is 5.92 Å². The molecule has 0 aromatic carbocycles. The molecule has 0 saturated heterocycles. The van der Waals surface area contributed by atoms with Crippen molar-refractivity contribution in [3.8, 4) is 0 Å². The molecule has 0 spiro atoms. The van der Waals surface area contributed by atoms with E-state index < -0.39 is 12.1 Å². The van der Waals surface area contributed by atoms with Crippen LogP contribution < -0.4 is 0 Å². The second-order valence-electron chi connectivity index (χ2n) is 5.81. The Morgan fingerprint density at radius 2 is 1.71 bits per heavy atom. The van der Waals surface area contributed by atoms with Crippen molar-refractivity contribution in [1.29, 1.82) is 0 Å². The molecule has 6 nitrogen and oxygen atoms in total. The lowest BCUT2D eigenvalue weighted by Gasteiger charge is -2.31. The summed E-state index contributed by atoms with van der Waals surface area (Å²) >= 11 is 0. The highest BCUT2D eigenvalue weighted by atomic mass is 16.2. The molecule has 0 aromatic heterocycles. The Labute approximate surface area is 145 Å². The first-order valence-electron chi connectivity index (χ1n) is 8.46. The topological polar surface area (TPSA) is 60.9 Å². The minimum Gasteiger partial charge on any atom is -0.324 e. The Kier molecular flexibility index (Phi) is 11.2. The van der Waals surface area contributed by atoms with Gasteiger partial charge in [0.1, 0.15) is 0 Å². The molecule has 0 aliphatic heterocycles. The van der Waals surface area contributed by atoms with Crippen LogP contribution in [0.5, 0.6) is 0 Å². The summed E-state index contributed by atoms with van der Waals surface area (Å²) in [6, 6.07) is -1.04. The number of hydrogen-bond donors (Lipinski definition) is 0. The van der Waals surface area contributed by atoms with Gasteiger partial charge in [-0.2, -0.15) is 0 Å². The minimum atomic E-state index is -0.610. The van der Waals surface area contributed by atoms with E-state index in [2.05, 4.69) is 20.1 Å². The summed E-state index contributed by atoms with van der Waals surface area (Å²) in [4.78, 5) is 40.0. The van der Waals surface area contributed by atoms with E-state index in [0.29, 0.717) is 19.5 Å². The summed E-state index contributed by atoms with van der Waals surface area (Å²) in [5, 5.41) is 0. The van der Waals surface area contributed by atoms with E-state index in [-0.39, 0.29) is 12.5 Å². The Hall–Kier alpha value is -2.11. The highest BCUT2D eigenvalue weighted by Gasteiger charge is 2.29. The second-order valence-corrected chi connectivity index (χ2v) is 5.81. The molecule has 0 heterocycles. The molecule has 0 aliphatic carbocycles. The molecule has 136 valence electrons. The Bertz CT molecular complexity index is 437. The van der Waals surface area contributed by atoms with Crippen LogP contribution in [0.3, 0.4) is 0 Å². The summed E-state index contributed by atoms with van der Waals surface area (Å²) in [7, 11) is 1.61. The molecule has 0 bridgehead atoms. The van der Waals surface area contributed by atoms with Crippen LogP contribution >= 0.6 is 0 Å². The smallest absolute Gasteiger partial charge is 0.324 e. The standard InChI is InChI=1S/C18H31N3O3/c1-6-10-11-16(9-4)14-21(17(23)19(5)12-7-2)18(24)20(15-22)13-8-3/h7-8,15-16H,2-3,6,9-14H2,1,4-5H3. The average Bonchev–Trinajstić information content (AvgIpc) is 2.59. The quantitative estimate of drug-likeness (QED) is 0.428. The normalized spacial score (nSPS) is 11.3. The van der Waals surface area contributed by atoms with Gasteiger partial charge >= 0.3 is 12.1 Å². The fourth-order valence-corrected chi connectivity index (χ4v) is 2.35. The van der Waals surface area contributed by atoms with Crippen LogP contribution in [0.15, 0.2) is 25.3 Å². The van der Waals surface area contributed by atoms with Gasteiger partial charge in [-0.05, 0) is 12.3 Å². The van der Waals surface area contributed by atoms with Gasteiger partial charge in [0.15, 0.2) is 0 Å². The number of likely N-dealkylation sites (N-methyl/N-ethyl adjacent to an activating group) is 1. The number of carbonyl (C=O) groups excluding carboxylic acids is 3. The van der Waals surface area contributed by atoms with E-state index in [9.17, 15) is 14.4 Å². The van der Waals surface area contributed by atoms with Crippen molar-refractivity contribution < 1.29 is 14.4 Å². The van der Waals surface area contributed by atoms with Crippen LogP contribution in [0.2, 0.25) is 0 Å². The van der Waals surface area contributed by atoms with Crippen LogP contribution in [0.4, 0.5) is 9.59 Å². The fraction of sp³-hybridized carbons (Fsp3) is 0.611. The zero-order valence-electron chi connectivity index (χ0n) is 15.2. The van der Waals surface area contributed by atoms with Gasteiger partial charge < -0.3 is 4.90 Å². The van der Waals surface area contributed by atoms with Gasteiger partial charge in [0, 0.05) is 26.7 Å². The minimum absolute atomic E-state index is 0.0725. The number of urea groups is 2. The lowest BCUT2D eigenvalue weighted by atomic mass is 9.99. The molecule has 6 heteroatoms. The molecular weight excluding hydrogens is 306 g/mol. The van der Waals surface area contributed by atoms with E-state index in [4.69, 9.17) is 0 Å². The van der Waals surface area contributed by atoms with Crippen molar-refractivity contribution in [1.82, 2.24) is 14.7 Å². The lowest BCUT2D eigenvalue weighted by molar-refractivity contribution is -0.115. The predicted molar refractivity (Wildman–Crippen MR) is 96.6 cm³/mol. The van der Waals surface area contributed by atoms with Gasteiger partial charge in [0.2, 0.25) is 6.41 Å². The van der Waals surface area contributed by atoms with Crippen molar-refractivity contribution >= 4 is 18.5 Å². The average molecular weight is 337 g/mol. The van der Waals surface area contributed by atoms with E-state index >= 15 is 0 Å². The maximum absolute atomic E-state index is 12.6. The number of amides is 5. The van der Waals surface area contributed by atoms with Gasteiger partial charge in [-0.1, -0.05) is 45.3 Å². The molecule has 5 amide bonds. The van der Waals surface area contributed by atoms with Crippen molar-refractivity contribution in [2.75, 3.05) is 26.7 Å². The van der Waals surface area contributed by atoms with Crippen LogP contribution in [-0.4, -0.2) is 59.9 Å². The Morgan fingerprint density at radius 3 is 2.17 bits per heavy atom. The summed E-state index contributed by atoms with van der Waals surface area (Å²) in [6.07, 6.45) is 7.40. The molecule has 0 N–H and O–H groups in total. The number of hydrogen-bond acceptors (Lipinski definition) is 3. The lowest BCUT2D eigenvalue weighted by Crippen LogP contribution is -2.51. The molecule has 1 unspecified atom stereocenters. The van der Waals surface area contributed by atoms with Gasteiger partial charge in [-0.25, -0.2) is 14.5 Å². The van der Waals surface area contributed by atoms with Crippen LogP contribution in [-0.2, 0) is 4.79 Å². The van der Waals surface area contributed by atoms with E-state index in [1.54, 1.807) is 13.1 Å². The van der Waals surface area contributed by atoms with Crippen LogP contribution in [0, 0.1) is 5.92 Å². The van der Waals surface area contributed by atoms with E-state index in [1.165, 1.54) is 11.0 Å². The third kappa shape index (κ3) is 6.98. The molecule has 0 aliphatic rings. The molecule has 0 aromatic rings. The molecule has 0 fully saturated rings. The predicted octanol–water partition coefficient (Wildman–Crippen LogP) is 3.51. The summed E-state index contributed by atoms with van der Waals surface area (Å²) in [5.74, 6) is 0.215. The SMILES string of the molecule is C=CCN(C)C(=O)N(CC(CC)CCCC)C(=O)N(C=O)CC=C. The second kappa shape index (κ2) is 12.3. The highest BCUT2D eigenvalue weighted by Crippen LogP contribution is 2.16. The summed E-state index contributed by atoms with van der Waals surface area (Å²) in [6.45, 7) is 12.0. The van der Waals surface area contributed by atoms with Crippen molar-refractivity contribution in [2.45, 2.75) is 39.5 Å².